The van der Waals surface area contributed by atoms with E-state index in [1.165, 1.54) is 0 Å². The van der Waals surface area contributed by atoms with Gasteiger partial charge in [-0.3, -0.25) is 14.3 Å². The number of carboxylic acids is 1. The van der Waals surface area contributed by atoms with Crippen molar-refractivity contribution in [3.63, 3.8) is 0 Å². The number of nitrogens with zero attached hydrogens (tertiary/aromatic N) is 8. The monoisotopic (exact) mass is 610 g/mol. The van der Waals surface area contributed by atoms with Crippen molar-refractivity contribution < 1.29 is 27.6 Å². The molecule has 0 radical (unpaired) electrons. The number of halogens is 4. The number of rotatable bonds is 8. The van der Waals surface area contributed by atoms with Crippen molar-refractivity contribution in [3.8, 4) is 11.5 Å². The second kappa shape index (κ2) is 11.8. The fourth-order valence-corrected chi connectivity index (χ4v) is 4.27. The van der Waals surface area contributed by atoms with E-state index in [1.54, 1.807) is 10.6 Å². The maximum absolute atomic E-state index is 13.2. The second-order valence-corrected chi connectivity index (χ2v) is 9.33. The fourth-order valence-electron chi connectivity index (χ4n) is 3.82. The molecule has 12 nitrogen and oxygen atoms in total. The van der Waals surface area contributed by atoms with E-state index in [-0.39, 0.29) is 5.56 Å². The molecule has 1 N–H and O–H groups in total. The third-order valence-corrected chi connectivity index (χ3v) is 6.10. The predicted octanol–water partition coefficient (Wildman–Crippen LogP) is 3.93. The summed E-state index contributed by atoms with van der Waals surface area (Å²) in [4.78, 5) is 35.3. The zero-order valence-electron chi connectivity index (χ0n) is 20.5. The quantitative estimate of drug-likeness (QED) is 0.292. The first-order valence-corrected chi connectivity index (χ1v) is 12.7. The van der Waals surface area contributed by atoms with E-state index in [0.29, 0.717) is 59.7 Å². The summed E-state index contributed by atoms with van der Waals surface area (Å²) in [5.74, 6) is -0.0975. The van der Waals surface area contributed by atoms with Crippen LogP contribution in [0.4, 0.5) is 19.0 Å². The first-order valence-electron chi connectivity index (χ1n) is 11.9. The Balaban J connectivity index is 0.000000448. The molecule has 16 heteroatoms. The summed E-state index contributed by atoms with van der Waals surface area (Å²) >= 11 is 3.45. The Bertz CT molecular complexity index is 1560. The van der Waals surface area contributed by atoms with E-state index in [9.17, 15) is 18.0 Å². The van der Waals surface area contributed by atoms with E-state index in [2.05, 4.69) is 53.2 Å². The van der Waals surface area contributed by atoms with Crippen LogP contribution in [0.15, 0.2) is 38.7 Å². The Morgan fingerprint density at radius 3 is 2.64 bits per heavy atom. The lowest BCUT2D eigenvalue weighted by Crippen LogP contribution is -2.24. The molecule has 0 spiro atoms. The van der Waals surface area contributed by atoms with Crippen molar-refractivity contribution in [2.75, 3.05) is 0 Å². The van der Waals surface area contributed by atoms with Crippen molar-refractivity contribution in [2.24, 2.45) is 4.99 Å². The first-order chi connectivity index (χ1) is 18.6. The van der Waals surface area contributed by atoms with Crippen LogP contribution in [0, 0.1) is 0 Å². The minimum Gasteiger partial charge on any atom is -0.475 e. The average molecular weight is 611 g/mol. The standard InChI is InChI=1S/C21H21BrN8O2.C2HF3O2/c1-2-3-6-11-29-19-13(12-15(22)24-19)20(31)30-16(26-27-21(29)30)8-9-17-25-18(28-32-17)14-7-4-5-10-23-14;3-2(4,5)1(6)7/h4-5,7,10H,2-3,6,8-9,11-12H2,1H3;(H,6,7). The van der Waals surface area contributed by atoms with Gasteiger partial charge in [-0.2, -0.15) is 18.2 Å². The lowest BCUT2D eigenvalue weighted by Gasteiger charge is -2.12. The van der Waals surface area contributed by atoms with E-state index < -0.39 is 12.1 Å². The van der Waals surface area contributed by atoms with Crippen LogP contribution >= 0.6 is 15.9 Å². The highest BCUT2D eigenvalue weighted by molar-refractivity contribution is 9.18. The van der Waals surface area contributed by atoms with Crippen molar-refractivity contribution in [1.29, 1.82) is 0 Å². The number of aliphatic imine (C=N–C) groups is 1. The molecule has 0 unspecified atom stereocenters. The van der Waals surface area contributed by atoms with Gasteiger partial charge in [-0.25, -0.2) is 14.2 Å². The molecule has 5 heterocycles. The van der Waals surface area contributed by atoms with E-state index in [1.807, 2.05) is 22.8 Å². The van der Waals surface area contributed by atoms with Gasteiger partial charge in [0.25, 0.3) is 5.56 Å². The van der Waals surface area contributed by atoms with Gasteiger partial charge in [-0.1, -0.05) is 31.0 Å². The molecular formula is C23H22BrF3N8O4. The van der Waals surface area contributed by atoms with Crippen molar-refractivity contribution in [2.45, 2.75) is 58.2 Å². The van der Waals surface area contributed by atoms with Crippen LogP contribution in [0.2, 0.25) is 0 Å². The molecule has 0 saturated heterocycles. The number of aromatic nitrogens is 7. The van der Waals surface area contributed by atoms with Gasteiger partial charge >= 0.3 is 12.1 Å². The van der Waals surface area contributed by atoms with Gasteiger partial charge in [0, 0.05) is 32.0 Å². The summed E-state index contributed by atoms with van der Waals surface area (Å²) in [5.41, 5.74) is 1.18. The summed E-state index contributed by atoms with van der Waals surface area (Å²) in [6, 6.07) is 5.52. The Morgan fingerprint density at radius 1 is 1.21 bits per heavy atom. The SMILES string of the molecule is CCCCCn1c2c(c(=O)n3c(CCc4nc(-c5ccccn5)no4)nnc13)CC(Br)=N2.O=C(O)C(F)(F)F. The third-order valence-electron chi connectivity index (χ3n) is 5.64. The topological polar surface area (TPSA) is 154 Å². The highest BCUT2D eigenvalue weighted by Gasteiger charge is 2.38. The van der Waals surface area contributed by atoms with Crippen molar-refractivity contribution in [3.05, 3.63) is 52.0 Å². The van der Waals surface area contributed by atoms with Crippen LogP contribution < -0.4 is 5.56 Å². The molecule has 0 aromatic carbocycles. The molecular weight excluding hydrogens is 589 g/mol. The largest absolute Gasteiger partial charge is 0.490 e. The number of carbonyl (C=O) groups is 1. The number of hydrogen-bond acceptors (Lipinski definition) is 9. The number of fused-ring (bicyclic) bond motifs is 2. The summed E-state index contributed by atoms with van der Waals surface area (Å²) in [7, 11) is 0. The average Bonchev–Trinajstić information content (AvgIpc) is 3.64. The van der Waals surface area contributed by atoms with Gasteiger partial charge < -0.3 is 9.63 Å². The molecule has 0 bridgehead atoms. The Morgan fingerprint density at radius 2 is 1.97 bits per heavy atom. The molecule has 4 aromatic heterocycles. The van der Waals surface area contributed by atoms with Crippen LogP contribution in [0.3, 0.4) is 0 Å². The van der Waals surface area contributed by atoms with Crippen LogP contribution in [0.25, 0.3) is 17.3 Å². The molecule has 0 saturated carbocycles. The zero-order chi connectivity index (χ0) is 28.2. The van der Waals surface area contributed by atoms with Crippen LogP contribution in [0.5, 0.6) is 0 Å². The third kappa shape index (κ3) is 6.38. The number of unbranched alkanes of at least 4 members (excludes halogenated alkanes) is 2. The molecule has 39 heavy (non-hydrogen) atoms. The minimum absolute atomic E-state index is 0.125. The predicted molar refractivity (Wildman–Crippen MR) is 135 cm³/mol. The minimum atomic E-state index is -5.08. The molecule has 4 aromatic rings. The highest BCUT2D eigenvalue weighted by Crippen LogP contribution is 2.28. The number of alkyl halides is 3. The zero-order valence-corrected chi connectivity index (χ0v) is 22.1. The smallest absolute Gasteiger partial charge is 0.475 e. The van der Waals surface area contributed by atoms with Crippen LogP contribution in [0.1, 0.15) is 43.5 Å². The molecule has 1 aliphatic rings. The lowest BCUT2D eigenvalue weighted by atomic mass is 10.2. The van der Waals surface area contributed by atoms with E-state index in [0.717, 1.165) is 30.4 Å². The number of pyridine rings is 1. The van der Waals surface area contributed by atoms with Gasteiger partial charge in [0.15, 0.2) is 0 Å². The maximum atomic E-state index is 13.2. The normalized spacial score (nSPS) is 12.7. The maximum Gasteiger partial charge on any atom is 0.490 e. The van der Waals surface area contributed by atoms with Gasteiger partial charge in [-0.15, -0.1) is 10.2 Å². The van der Waals surface area contributed by atoms with Gasteiger partial charge in [0.1, 0.15) is 17.3 Å². The summed E-state index contributed by atoms with van der Waals surface area (Å²) < 4.78 is 41.5. The van der Waals surface area contributed by atoms with E-state index in [4.69, 9.17) is 14.4 Å². The van der Waals surface area contributed by atoms with Gasteiger partial charge in [0.2, 0.25) is 17.5 Å². The highest BCUT2D eigenvalue weighted by atomic mass is 79.9. The number of aryl methyl sites for hydroxylation is 3. The molecule has 0 fully saturated rings. The molecule has 0 amide bonds. The Kier molecular flexibility index (Phi) is 8.52. The summed E-state index contributed by atoms with van der Waals surface area (Å²) in [5, 5.41) is 19.8. The second-order valence-electron chi connectivity index (χ2n) is 8.41. The Hall–Kier alpha value is -3.95. The summed E-state index contributed by atoms with van der Waals surface area (Å²) in [6.07, 6.45) is 1.13. The number of aliphatic carboxylic acids is 1. The molecule has 0 aliphatic carbocycles. The van der Waals surface area contributed by atoms with E-state index >= 15 is 0 Å². The summed E-state index contributed by atoms with van der Waals surface area (Å²) in [6.45, 7) is 2.89. The van der Waals surface area contributed by atoms with Crippen LogP contribution in [-0.4, -0.2) is 56.2 Å². The first kappa shape index (κ1) is 28.1. The number of hydrogen-bond donors (Lipinski definition) is 1. The molecule has 0 atom stereocenters. The van der Waals surface area contributed by atoms with Gasteiger partial charge in [0.05, 0.1) is 10.2 Å². The molecule has 1 aliphatic heterocycles. The van der Waals surface area contributed by atoms with Crippen molar-refractivity contribution >= 4 is 38.1 Å². The Labute approximate surface area is 226 Å². The van der Waals surface area contributed by atoms with Gasteiger partial charge in [-0.05, 0) is 34.5 Å². The number of carboxylic acid groups (broad SMARTS) is 1. The lowest BCUT2D eigenvalue weighted by molar-refractivity contribution is -0.192. The molecule has 206 valence electrons. The van der Waals surface area contributed by atoms with Crippen molar-refractivity contribution in [1.82, 2.24) is 34.3 Å². The molecule has 5 rings (SSSR count). The fraction of sp³-hybridized carbons (Fsp3) is 0.391. The van der Waals surface area contributed by atoms with Crippen LogP contribution in [-0.2, 0) is 30.6 Å².